The molecule has 0 saturated heterocycles. The number of carboxylic acid groups (broad SMARTS) is 1. The van der Waals surface area contributed by atoms with E-state index < -0.39 is 13.3 Å². The molecule has 2 fully saturated rings. The van der Waals surface area contributed by atoms with Crippen LogP contribution in [0.15, 0.2) is 6.07 Å². The molecule has 0 bridgehead atoms. The zero-order valence-electron chi connectivity index (χ0n) is 21.9. The highest BCUT2D eigenvalue weighted by Gasteiger charge is 2.38. The fourth-order valence-corrected chi connectivity index (χ4v) is 6.76. The van der Waals surface area contributed by atoms with Crippen LogP contribution in [-0.4, -0.2) is 42.5 Å². The minimum Gasteiger partial charge on any atom is -0.477 e. The highest BCUT2D eigenvalue weighted by molar-refractivity contribution is 7.57. The second-order valence-electron chi connectivity index (χ2n) is 11.6. The molecule has 1 aromatic rings. The fourth-order valence-electron chi connectivity index (χ4n) is 4.99. The van der Waals surface area contributed by atoms with Crippen LogP contribution >= 0.6 is 18.7 Å². The number of hydrogen-bond donors (Lipinski definition) is 1. The molecule has 1 amide bonds. The zero-order chi connectivity index (χ0) is 26.0. The predicted octanol–water partition coefficient (Wildman–Crippen LogP) is 6.87. The van der Waals surface area contributed by atoms with Gasteiger partial charge in [0.1, 0.15) is 4.88 Å². The SMILES string of the molecule is CC(C)(C)C#Cc1cc(N(C(=O)[C@H]2CC[C@H](C)CC2)[C@H]2CC[C@H](OP(C)(C)=O)CC2)c(C(=O)O)s1. The van der Waals surface area contributed by atoms with Crippen LogP contribution in [0.25, 0.3) is 0 Å². The molecule has 6 nitrogen and oxygen atoms in total. The standard InChI is InChI=1S/C27H40NO5PS/c1-18-7-9-19(10-8-18)25(29)28(20-11-13-21(14-12-20)33-34(5,6)32)23-17-22(15-16-27(2,3)4)35-24(23)26(30)31/h17-21H,7-14H2,1-6H3,(H,30,31)/t18-,19-,20-,21-. The monoisotopic (exact) mass is 521 g/mol. The number of anilines is 1. The summed E-state index contributed by atoms with van der Waals surface area (Å²) in [6.07, 6.45) is 6.41. The van der Waals surface area contributed by atoms with Gasteiger partial charge in [-0.2, -0.15) is 0 Å². The third-order valence-electron chi connectivity index (χ3n) is 6.74. The number of aromatic carboxylic acids is 1. The Kier molecular flexibility index (Phi) is 8.95. The first-order chi connectivity index (χ1) is 16.2. The second kappa shape index (κ2) is 11.2. The number of thiophene rings is 1. The van der Waals surface area contributed by atoms with Crippen molar-refractivity contribution in [1.82, 2.24) is 0 Å². The number of rotatable bonds is 6. The van der Waals surface area contributed by atoms with Gasteiger partial charge in [0.25, 0.3) is 0 Å². The van der Waals surface area contributed by atoms with Gasteiger partial charge in [-0.3, -0.25) is 9.36 Å². The van der Waals surface area contributed by atoms with E-state index in [0.717, 1.165) is 37.0 Å². The third kappa shape index (κ3) is 7.94. The van der Waals surface area contributed by atoms with Crippen molar-refractivity contribution in [2.75, 3.05) is 18.2 Å². The maximum Gasteiger partial charge on any atom is 0.348 e. The summed E-state index contributed by atoms with van der Waals surface area (Å²) < 4.78 is 17.9. The lowest BCUT2D eigenvalue weighted by Gasteiger charge is -2.39. The highest BCUT2D eigenvalue weighted by Crippen LogP contribution is 2.44. The number of hydrogen-bond acceptors (Lipinski definition) is 5. The lowest BCUT2D eigenvalue weighted by atomic mass is 9.81. The number of carbonyl (C=O) groups is 2. The van der Waals surface area contributed by atoms with Gasteiger partial charge in [-0.05, 0) is 84.1 Å². The van der Waals surface area contributed by atoms with Crippen LogP contribution in [0.2, 0.25) is 0 Å². The number of nitrogens with zero attached hydrogens (tertiary/aromatic N) is 1. The second-order valence-corrected chi connectivity index (χ2v) is 15.4. The molecule has 1 heterocycles. The maximum atomic E-state index is 13.9. The van der Waals surface area contributed by atoms with E-state index in [9.17, 15) is 19.3 Å². The molecule has 0 aromatic carbocycles. The van der Waals surface area contributed by atoms with Gasteiger partial charge in [0, 0.05) is 30.7 Å². The van der Waals surface area contributed by atoms with Crippen LogP contribution in [0, 0.1) is 29.1 Å². The predicted molar refractivity (Wildman–Crippen MR) is 143 cm³/mol. The molecule has 1 N–H and O–H groups in total. The summed E-state index contributed by atoms with van der Waals surface area (Å²) in [6.45, 7) is 11.5. The summed E-state index contributed by atoms with van der Waals surface area (Å²) >= 11 is 1.14. The molecule has 3 rings (SSSR count). The van der Waals surface area contributed by atoms with E-state index in [1.807, 2.05) is 20.8 Å². The van der Waals surface area contributed by atoms with Gasteiger partial charge in [0.2, 0.25) is 5.91 Å². The summed E-state index contributed by atoms with van der Waals surface area (Å²) in [5.74, 6) is 5.85. The van der Waals surface area contributed by atoms with Crippen molar-refractivity contribution in [2.45, 2.75) is 91.2 Å². The van der Waals surface area contributed by atoms with Crippen molar-refractivity contribution in [2.24, 2.45) is 17.3 Å². The van der Waals surface area contributed by atoms with Gasteiger partial charge < -0.3 is 14.5 Å². The molecule has 8 heteroatoms. The van der Waals surface area contributed by atoms with Gasteiger partial charge in [0.15, 0.2) is 7.37 Å². The van der Waals surface area contributed by atoms with Gasteiger partial charge >= 0.3 is 5.97 Å². The lowest BCUT2D eigenvalue weighted by Crippen LogP contribution is -2.47. The number of carbonyl (C=O) groups excluding carboxylic acids is 1. The topological polar surface area (TPSA) is 83.9 Å². The molecule has 1 aromatic heterocycles. The molecule has 0 unspecified atom stereocenters. The highest BCUT2D eigenvalue weighted by atomic mass is 32.1. The molecule has 2 saturated carbocycles. The minimum atomic E-state index is -2.59. The van der Waals surface area contributed by atoms with E-state index >= 15 is 0 Å². The van der Waals surface area contributed by atoms with Crippen LogP contribution in [-0.2, 0) is 13.9 Å². The number of carboxylic acids is 1. The molecule has 0 spiro atoms. The van der Waals surface area contributed by atoms with Crippen molar-refractivity contribution in [3.05, 3.63) is 15.8 Å². The molecule has 0 atom stereocenters. The fraction of sp³-hybridized carbons (Fsp3) is 0.704. The maximum absolute atomic E-state index is 13.9. The summed E-state index contributed by atoms with van der Waals surface area (Å²) in [5.41, 5.74) is 0.267. The summed E-state index contributed by atoms with van der Waals surface area (Å²) in [7, 11) is -2.59. The molecule has 2 aliphatic carbocycles. The molecule has 2 aliphatic rings. The lowest BCUT2D eigenvalue weighted by molar-refractivity contribution is -0.124. The quantitative estimate of drug-likeness (QED) is 0.326. The largest absolute Gasteiger partial charge is 0.477 e. The Morgan fingerprint density at radius 2 is 1.69 bits per heavy atom. The van der Waals surface area contributed by atoms with E-state index in [1.54, 1.807) is 24.3 Å². The molecule has 35 heavy (non-hydrogen) atoms. The van der Waals surface area contributed by atoms with E-state index in [4.69, 9.17) is 4.52 Å². The normalized spacial score (nSPS) is 25.4. The van der Waals surface area contributed by atoms with E-state index in [2.05, 4.69) is 18.8 Å². The van der Waals surface area contributed by atoms with E-state index in [0.29, 0.717) is 42.2 Å². The van der Waals surface area contributed by atoms with Gasteiger partial charge in [-0.15, -0.1) is 11.3 Å². The minimum absolute atomic E-state index is 0.0357. The van der Waals surface area contributed by atoms with Gasteiger partial charge in [-0.1, -0.05) is 18.8 Å². The van der Waals surface area contributed by atoms with Crippen molar-refractivity contribution < 1.29 is 23.8 Å². The Morgan fingerprint density at radius 1 is 1.09 bits per heavy atom. The first-order valence-electron chi connectivity index (χ1n) is 12.7. The first kappa shape index (κ1) is 28.0. The average Bonchev–Trinajstić information content (AvgIpc) is 3.17. The Hall–Kier alpha value is -1.61. The molecule has 0 aliphatic heterocycles. The average molecular weight is 522 g/mol. The van der Waals surface area contributed by atoms with Crippen molar-refractivity contribution in [1.29, 1.82) is 0 Å². The van der Waals surface area contributed by atoms with Gasteiger partial charge in [-0.25, -0.2) is 4.79 Å². The van der Waals surface area contributed by atoms with Crippen LogP contribution in [0.1, 0.15) is 93.6 Å². The van der Waals surface area contributed by atoms with Crippen LogP contribution in [0.4, 0.5) is 5.69 Å². The smallest absolute Gasteiger partial charge is 0.348 e. The molecular formula is C27H40NO5PS. The van der Waals surface area contributed by atoms with Crippen LogP contribution in [0.5, 0.6) is 0 Å². The molecule has 0 radical (unpaired) electrons. The molecular weight excluding hydrogens is 481 g/mol. The Balaban J connectivity index is 1.95. The summed E-state index contributed by atoms with van der Waals surface area (Å²) in [4.78, 5) is 28.8. The molecule has 194 valence electrons. The Bertz CT molecular complexity index is 1020. The van der Waals surface area contributed by atoms with Crippen molar-refractivity contribution >= 4 is 36.3 Å². The summed E-state index contributed by atoms with van der Waals surface area (Å²) in [6, 6.07) is 1.69. The Morgan fingerprint density at radius 3 is 2.20 bits per heavy atom. The van der Waals surface area contributed by atoms with Crippen LogP contribution < -0.4 is 4.90 Å². The van der Waals surface area contributed by atoms with E-state index in [1.165, 1.54) is 0 Å². The van der Waals surface area contributed by atoms with E-state index in [-0.39, 0.29) is 34.3 Å². The van der Waals surface area contributed by atoms with Crippen molar-refractivity contribution in [3.8, 4) is 11.8 Å². The zero-order valence-corrected chi connectivity index (χ0v) is 23.6. The van der Waals surface area contributed by atoms with Crippen molar-refractivity contribution in [3.63, 3.8) is 0 Å². The third-order valence-corrected chi connectivity index (χ3v) is 8.57. The van der Waals surface area contributed by atoms with Crippen LogP contribution in [0.3, 0.4) is 0 Å². The van der Waals surface area contributed by atoms with Gasteiger partial charge in [0.05, 0.1) is 16.7 Å². The Labute approximate surface area is 214 Å². The first-order valence-corrected chi connectivity index (χ1v) is 16.0. The number of amides is 1. The summed E-state index contributed by atoms with van der Waals surface area (Å²) in [5, 5.41) is 10.0.